The number of H-pyrrole nitrogens is 1. The van der Waals surface area contributed by atoms with Crippen molar-refractivity contribution in [3.05, 3.63) is 71.4 Å². The van der Waals surface area contributed by atoms with E-state index in [0.29, 0.717) is 5.92 Å². The van der Waals surface area contributed by atoms with Crippen LogP contribution in [0.4, 0.5) is 0 Å². The predicted octanol–water partition coefficient (Wildman–Crippen LogP) is 5.27. The van der Waals surface area contributed by atoms with Crippen LogP contribution in [-0.2, 0) is 6.42 Å². The molecule has 1 N–H and O–H groups in total. The molecule has 0 saturated heterocycles. The average molecular weight is 263 g/mol. The third-order valence-corrected chi connectivity index (χ3v) is 4.12. The van der Waals surface area contributed by atoms with Crippen molar-refractivity contribution in [1.82, 2.24) is 4.98 Å². The van der Waals surface area contributed by atoms with Crippen molar-refractivity contribution in [3.8, 4) is 0 Å². The van der Waals surface area contributed by atoms with Gasteiger partial charge in [0.25, 0.3) is 0 Å². The van der Waals surface area contributed by atoms with Gasteiger partial charge in [-0.3, -0.25) is 0 Å². The summed E-state index contributed by atoms with van der Waals surface area (Å²) in [6.07, 6.45) is 2.15. The minimum absolute atomic E-state index is 0.631. The lowest BCUT2D eigenvalue weighted by Crippen LogP contribution is -1.89. The van der Waals surface area contributed by atoms with Crippen LogP contribution in [0.25, 0.3) is 10.9 Å². The number of hydrogen-bond donors (Lipinski definition) is 1. The summed E-state index contributed by atoms with van der Waals surface area (Å²) in [5.74, 6) is 0.631. The minimum atomic E-state index is 0.631. The minimum Gasteiger partial charge on any atom is -0.358 e. The van der Waals surface area contributed by atoms with Crippen LogP contribution in [0.3, 0.4) is 0 Å². The fraction of sp³-hybridized carbons (Fsp3) is 0.263. The molecule has 2 aromatic carbocycles. The number of rotatable bonds is 4. The van der Waals surface area contributed by atoms with Gasteiger partial charge in [0.15, 0.2) is 0 Å². The first kappa shape index (κ1) is 13.0. The van der Waals surface area contributed by atoms with E-state index in [9.17, 15) is 0 Å². The first-order valence-electron chi connectivity index (χ1n) is 7.41. The van der Waals surface area contributed by atoms with Gasteiger partial charge in [0.1, 0.15) is 0 Å². The Bertz CT molecular complexity index is 694. The molecule has 102 valence electrons. The second kappa shape index (κ2) is 5.54. The lowest BCUT2D eigenvalue weighted by atomic mass is 9.97. The summed E-state index contributed by atoms with van der Waals surface area (Å²) >= 11 is 0. The van der Waals surface area contributed by atoms with E-state index in [4.69, 9.17) is 0 Å². The van der Waals surface area contributed by atoms with Crippen molar-refractivity contribution in [2.75, 3.05) is 0 Å². The van der Waals surface area contributed by atoms with Crippen LogP contribution in [0.5, 0.6) is 0 Å². The van der Waals surface area contributed by atoms with Crippen LogP contribution in [-0.4, -0.2) is 4.98 Å². The molecule has 0 aliphatic heterocycles. The number of fused-ring (bicyclic) bond motifs is 1. The van der Waals surface area contributed by atoms with E-state index >= 15 is 0 Å². The molecular formula is C19H21N. The molecule has 3 aromatic rings. The molecule has 0 aliphatic carbocycles. The Hall–Kier alpha value is -2.02. The third kappa shape index (κ3) is 2.62. The summed E-state index contributed by atoms with van der Waals surface area (Å²) in [6.45, 7) is 4.53. The lowest BCUT2D eigenvalue weighted by Gasteiger charge is -2.08. The molecule has 1 nitrogen and oxygen atoms in total. The van der Waals surface area contributed by atoms with Crippen molar-refractivity contribution in [2.24, 2.45) is 0 Å². The second-order valence-corrected chi connectivity index (χ2v) is 5.61. The van der Waals surface area contributed by atoms with Gasteiger partial charge in [0.2, 0.25) is 0 Å². The molecule has 0 radical (unpaired) electrons. The van der Waals surface area contributed by atoms with Crippen molar-refractivity contribution >= 4 is 10.9 Å². The van der Waals surface area contributed by atoms with Gasteiger partial charge in [-0.05, 0) is 47.1 Å². The largest absolute Gasteiger partial charge is 0.358 e. The fourth-order valence-corrected chi connectivity index (χ4v) is 2.66. The molecule has 1 heteroatoms. The van der Waals surface area contributed by atoms with E-state index in [-0.39, 0.29) is 0 Å². The van der Waals surface area contributed by atoms with Gasteiger partial charge >= 0.3 is 0 Å². The highest BCUT2D eigenvalue weighted by atomic mass is 14.7. The van der Waals surface area contributed by atoms with Gasteiger partial charge in [-0.1, -0.05) is 50.2 Å². The second-order valence-electron chi connectivity index (χ2n) is 5.61. The maximum absolute atomic E-state index is 3.53. The normalized spacial score (nSPS) is 12.7. The van der Waals surface area contributed by atoms with Gasteiger partial charge in [0.05, 0.1) is 0 Å². The molecule has 3 rings (SSSR count). The summed E-state index contributed by atoms with van der Waals surface area (Å²) in [5.41, 5.74) is 5.31. The highest BCUT2D eigenvalue weighted by molar-refractivity contribution is 5.81. The molecule has 0 bridgehead atoms. The summed E-state index contributed by atoms with van der Waals surface area (Å²) < 4.78 is 0. The summed E-state index contributed by atoms with van der Waals surface area (Å²) in [4.78, 5) is 3.53. The van der Waals surface area contributed by atoms with Crippen molar-refractivity contribution in [1.29, 1.82) is 0 Å². The molecular weight excluding hydrogens is 242 g/mol. The van der Waals surface area contributed by atoms with Crippen LogP contribution >= 0.6 is 0 Å². The fourth-order valence-electron chi connectivity index (χ4n) is 2.66. The quantitative estimate of drug-likeness (QED) is 0.659. The zero-order valence-electron chi connectivity index (χ0n) is 12.2. The first-order chi connectivity index (χ1) is 9.76. The van der Waals surface area contributed by atoms with Crippen LogP contribution in [0.15, 0.2) is 54.6 Å². The molecule has 1 aromatic heterocycles. The van der Waals surface area contributed by atoms with Crippen LogP contribution in [0.2, 0.25) is 0 Å². The average Bonchev–Trinajstić information content (AvgIpc) is 2.88. The molecule has 1 unspecified atom stereocenters. The SMILES string of the molecule is CCC(C)c1ccc2[nH]c(Cc3ccccc3)cc2c1. The molecule has 0 spiro atoms. The number of nitrogens with one attached hydrogen (secondary N) is 1. The Morgan fingerprint density at radius 1 is 1.00 bits per heavy atom. The summed E-state index contributed by atoms with van der Waals surface area (Å²) in [6, 6.07) is 19.7. The molecule has 0 fully saturated rings. The number of aromatic amines is 1. The maximum Gasteiger partial charge on any atom is 0.0456 e. The van der Waals surface area contributed by atoms with Gasteiger partial charge in [-0.15, -0.1) is 0 Å². The highest BCUT2D eigenvalue weighted by Crippen LogP contribution is 2.24. The van der Waals surface area contributed by atoms with Crippen molar-refractivity contribution in [3.63, 3.8) is 0 Å². The van der Waals surface area contributed by atoms with Gasteiger partial charge in [-0.2, -0.15) is 0 Å². The van der Waals surface area contributed by atoms with Crippen LogP contribution < -0.4 is 0 Å². The lowest BCUT2D eigenvalue weighted by molar-refractivity contribution is 0.735. The molecule has 0 amide bonds. The molecule has 1 heterocycles. The summed E-state index contributed by atoms with van der Waals surface area (Å²) in [7, 11) is 0. The smallest absolute Gasteiger partial charge is 0.0456 e. The Kier molecular flexibility index (Phi) is 3.60. The van der Waals surface area contributed by atoms with E-state index in [2.05, 4.69) is 73.4 Å². The standard InChI is InChI=1S/C19H21N/c1-3-14(2)16-9-10-19-17(12-16)13-18(20-19)11-15-7-5-4-6-8-15/h4-10,12-14,20H,3,11H2,1-2H3. The van der Waals surface area contributed by atoms with Gasteiger partial charge in [-0.25, -0.2) is 0 Å². The topological polar surface area (TPSA) is 15.8 Å². The Balaban J connectivity index is 1.90. The first-order valence-corrected chi connectivity index (χ1v) is 7.41. The van der Waals surface area contributed by atoms with Gasteiger partial charge < -0.3 is 4.98 Å². The third-order valence-electron chi connectivity index (χ3n) is 4.12. The Labute approximate surface area is 120 Å². The molecule has 0 aliphatic rings. The van der Waals surface area contributed by atoms with E-state index in [0.717, 1.165) is 6.42 Å². The summed E-state index contributed by atoms with van der Waals surface area (Å²) in [5, 5.41) is 1.33. The maximum atomic E-state index is 3.53. The highest BCUT2D eigenvalue weighted by Gasteiger charge is 2.06. The zero-order chi connectivity index (χ0) is 13.9. The zero-order valence-corrected chi connectivity index (χ0v) is 12.2. The van der Waals surface area contributed by atoms with E-state index in [1.54, 1.807) is 0 Å². The van der Waals surface area contributed by atoms with Crippen LogP contribution in [0.1, 0.15) is 43.0 Å². The Morgan fingerprint density at radius 3 is 2.55 bits per heavy atom. The van der Waals surface area contributed by atoms with Gasteiger partial charge in [0, 0.05) is 17.6 Å². The molecule has 0 saturated carbocycles. The Morgan fingerprint density at radius 2 is 1.80 bits per heavy atom. The number of aromatic nitrogens is 1. The predicted molar refractivity (Wildman–Crippen MR) is 86.3 cm³/mol. The van der Waals surface area contributed by atoms with E-state index in [1.807, 2.05) is 0 Å². The van der Waals surface area contributed by atoms with Crippen molar-refractivity contribution < 1.29 is 0 Å². The van der Waals surface area contributed by atoms with Crippen molar-refractivity contribution in [2.45, 2.75) is 32.6 Å². The van der Waals surface area contributed by atoms with E-state index in [1.165, 1.54) is 34.1 Å². The molecule has 1 atom stereocenters. The number of benzene rings is 2. The number of hydrogen-bond acceptors (Lipinski definition) is 0. The van der Waals surface area contributed by atoms with Crippen LogP contribution in [0, 0.1) is 0 Å². The molecule has 20 heavy (non-hydrogen) atoms. The van der Waals surface area contributed by atoms with E-state index < -0.39 is 0 Å². The monoisotopic (exact) mass is 263 g/mol.